The van der Waals surface area contributed by atoms with E-state index in [0.29, 0.717) is 0 Å². The lowest BCUT2D eigenvalue weighted by molar-refractivity contribution is 0.000104. The molecule has 3 heteroatoms. The van der Waals surface area contributed by atoms with Gasteiger partial charge < -0.3 is 14.9 Å². The van der Waals surface area contributed by atoms with Gasteiger partial charge >= 0.3 is 0 Å². The van der Waals surface area contributed by atoms with E-state index < -0.39 is 12.2 Å². The van der Waals surface area contributed by atoms with Gasteiger partial charge in [0.25, 0.3) is 0 Å². The van der Waals surface area contributed by atoms with Crippen molar-refractivity contribution in [3.63, 3.8) is 0 Å². The second-order valence-corrected chi connectivity index (χ2v) is 6.74. The molecule has 0 bridgehead atoms. The third kappa shape index (κ3) is 1.59. The summed E-state index contributed by atoms with van der Waals surface area (Å²) in [5.74, 6) is 0. The Kier molecular flexibility index (Phi) is 2.54. The molecule has 3 nitrogen and oxygen atoms in total. The highest BCUT2D eigenvalue weighted by molar-refractivity contribution is 6.12. The molecule has 3 aromatic rings. The molecule has 0 aromatic heterocycles. The maximum atomic E-state index is 10.4. The molecular formula is C20H18O3. The molecule has 0 unspecified atom stereocenters. The van der Waals surface area contributed by atoms with Crippen LogP contribution in [0.2, 0.25) is 0 Å². The number of ether oxygens (including phenoxy) is 1. The van der Waals surface area contributed by atoms with E-state index in [1.54, 1.807) is 0 Å². The van der Waals surface area contributed by atoms with Crippen LogP contribution in [0.15, 0.2) is 36.4 Å². The van der Waals surface area contributed by atoms with E-state index >= 15 is 0 Å². The summed E-state index contributed by atoms with van der Waals surface area (Å²) < 4.78 is 5.69. The van der Waals surface area contributed by atoms with Crippen molar-refractivity contribution < 1.29 is 14.9 Å². The molecule has 23 heavy (non-hydrogen) atoms. The Morgan fingerprint density at radius 2 is 1.61 bits per heavy atom. The Bertz CT molecular complexity index is 976. The van der Waals surface area contributed by atoms with E-state index in [2.05, 4.69) is 44.2 Å². The van der Waals surface area contributed by atoms with Crippen molar-refractivity contribution in [2.24, 2.45) is 0 Å². The second kappa shape index (κ2) is 4.32. The molecule has 2 aliphatic rings. The van der Waals surface area contributed by atoms with Gasteiger partial charge in [-0.1, -0.05) is 36.4 Å². The number of hydrogen-bond donors (Lipinski definition) is 2. The summed E-state index contributed by atoms with van der Waals surface area (Å²) in [5, 5.41) is 25.4. The lowest BCUT2D eigenvalue weighted by Gasteiger charge is -2.26. The zero-order valence-corrected chi connectivity index (χ0v) is 13.1. The molecule has 1 heterocycles. The van der Waals surface area contributed by atoms with Gasteiger partial charge in [0.1, 0.15) is 24.4 Å². The van der Waals surface area contributed by atoms with Crippen LogP contribution in [0.25, 0.3) is 21.5 Å². The number of aliphatic hydroxyl groups is 2. The van der Waals surface area contributed by atoms with Crippen LogP contribution in [0.5, 0.6) is 0 Å². The van der Waals surface area contributed by atoms with Gasteiger partial charge in [0.2, 0.25) is 0 Å². The Hall–Kier alpha value is -1.94. The standard InChI is InChI=1S/C20H18O3/c1-9-10(2)15-13(12-6-4-3-5-11(9)12)7-8-14-16(15)19-20(23-19)18(22)17(14)21/h3-8,17-22H,1-2H3/t17-,18+,19+,20-/m0/s1. The quantitative estimate of drug-likeness (QED) is 0.494. The molecule has 4 atom stereocenters. The van der Waals surface area contributed by atoms with Gasteiger partial charge in [-0.3, -0.25) is 0 Å². The van der Waals surface area contributed by atoms with E-state index in [0.717, 1.165) is 11.1 Å². The van der Waals surface area contributed by atoms with Crippen molar-refractivity contribution in [2.45, 2.75) is 38.3 Å². The van der Waals surface area contributed by atoms with Gasteiger partial charge in [0, 0.05) is 0 Å². The molecule has 1 saturated heterocycles. The SMILES string of the molecule is Cc1c(C)c2c3c(ccc2c2ccccc12)[C@H](O)[C@@H](O)[C@@H]1O[C@H]31. The van der Waals surface area contributed by atoms with Crippen molar-refractivity contribution >= 4 is 21.5 Å². The van der Waals surface area contributed by atoms with E-state index in [1.165, 1.54) is 32.7 Å². The van der Waals surface area contributed by atoms with Gasteiger partial charge in [-0.25, -0.2) is 0 Å². The van der Waals surface area contributed by atoms with Crippen LogP contribution in [-0.4, -0.2) is 22.4 Å². The summed E-state index contributed by atoms with van der Waals surface area (Å²) >= 11 is 0. The molecule has 0 saturated carbocycles. The van der Waals surface area contributed by atoms with Crippen molar-refractivity contribution in [2.75, 3.05) is 0 Å². The number of fused-ring (bicyclic) bond motifs is 7. The van der Waals surface area contributed by atoms with Crippen molar-refractivity contribution in [3.8, 4) is 0 Å². The fourth-order valence-corrected chi connectivity index (χ4v) is 4.24. The molecule has 116 valence electrons. The fraction of sp³-hybridized carbons (Fsp3) is 0.300. The van der Waals surface area contributed by atoms with Gasteiger partial charge in [0.15, 0.2) is 0 Å². The second-order valence-electron chi connectivity index (χ2n) is 6.74. The van der Waals surface area contributed by atoms with E-state index in [1.807, 2.05) is 6.07 Å². The predicted molar refractivity (Wildman–Crippen MR) is 89.5 cm³/mol. The van der Waals surface area contributed by atoms with Crippen LogP contribution < -0.4 is 0 Å². The first-order chi connectivity index (χ1) is 11.1. The highest BCUT2D eigenvalue weighted by Gasteiger charge is 2.54. The maximum Gasteiger partial charge on any atom is 0.118 e. The molecule has 0 amide bonds. The van der Waals surface area contributed by atoms with Crippen LogP contribution >= 0.6 is 0 Å². The van der Waals surface area contributed by atoms with Gasteiger partial charge in [-0.05, 0) is 57.6 Å². The first-order valence-electron chi connectivity index (χ1n) is 8.05. The molecule has 1 fully saturated rings. The zero-order valence-electron chi connectivity index (χ0n) is 13.1. The molecular weight excluding hydrogens is 288 g/mol. The van der Waals surface area contributed by atoms with Crippen LogP contribution in [0.3, 0.4) is 0 Å². The van der Waals surface area contributed by atoms with Gasteiger partial charge in [-0.2, -0.15) is 0 Å². The lowest BCUT2D eigenvalue weighted by Crippen LogP contribution is -2.29. The van der Waals surface area contributed by atoms with E-state index in [4.69, 9.17) is 4.74 Å². The minimum atomic E-state index is -0.871. The van der Waals surface area contributed by atoms with Crippen LogP contribution in [0.4, 0.5) is 0 Å². The minimum Gasteiger partial charge on any atom is -0.387 e. The monoisotopic (exact) mass is 306 g/mol. The van der Waals surface area contributed by atoms with Gasteiger partial charge in [0.05, 0.1) is 0 Å². The maximum absolute atomic E-state index is 10.4. The summed E-state index contributed by atoms with van der Waals surface area (Å²) in [5.41, 5.74) is 4.37. The van der Waals surface area contributed by atoms with E-state index in [-0.39, 0.29) is 12.2 Å². The minimum absolute atomic E-state index is 0.0913. The average Bonchev–Trinajstić information content (AvgIpc) is 3.37. The third-order valence-electron chi connectivity index (χ3n) is 5.63. The summed E-state index contributed by atoms with van der Waals surface area (Å²) in [6.45, 7) is 4.29. The van der Waals surface area contributed by atoms with Crippen molar-refractivity contribution in [1.82, 2.24) is 0 Å². The number of benzene rings is 3. The van der Waals surface area contributed by atoms with Crippen molar-refractivity contribution in [1.29, 1.82) is 0 Å². The molecule has 5 rings (SSSR count). The number of aliphatic hydroxyl groups excluding tert-OH is 2. The van der Waals surface area contributed by atoms with Crippen LogP contribution in [0.1, 0.15) is 34.5 Å². The summed E-state index contributed by atoms with van der Waals surface area (Å²) in [6, 6.07) is 12.5. The van der Waals surface area contributed by atoms with Crippen LogP contribution in [-0.2, 0) is 4.74 Å². The largest absolute Gasteiger partial charge is 0.387 e. The van der Waals surface area contributed by atoms with Gasteiger partial charge in [-0.15, -0.1) is 0 Å². The molecule has 0 radical (unpaired) electrons. The third-order valence-corrected chi connectivity index (χ3v) is 5.63. The summed E-state index contributed by atoms with van der Waals surface area (Å²) in [6.07, 6.45) is -2.06. The normalized spacial score (nSPS) is 28.7. The smallest absolute Gasteiger partial charge is 0.118 e. The Labute approximate surface area is 134 Å². The molecule has 1 aliphatic heterocycles. The summed E-state index contributed by atoms with van der Waals surface area (Å²) in [4.78, 5) is 0. The Morgan fingerprint density at radius 3 is 2.39 bits per heavy atom. The lowest BCUT2D eigenvalue weighted by atomic mass is 9.81. The number of aryl methyl sites for hydroxylation is 2. The predicted octanol–water partition coefficient (Wildman–Crippen LogP) is 3.46. The highest BCUT2D eigenvalue weighted by atomic mass is 16.6. The van der Waals surface area contributed by atoms with Crippen LogP contribution in [0, 0.1) is 13.8 Å². The number of hydrogen-bond acceptors (Lipinski definition) is 3. The van der Waals surface area contributed by atoms with Crippen molar-refractivity contribution in [3.05, 3.63) is 58.7 Å². The average molecular weight is 306 g/mol. The highest BCUT2D eigenvalue weighted by Crippen LogP contribution is 2.54. The molecule has 1 aliphatic carbocycles. The summed E-state index contributed by atoms with van der Waals surface area (Å²) in [7, 11) is 0. The Balaban J connectivity index is 1.97. The first kappa shape index (κ1) is 13.5. The molecule has 0 spiro atoms. The number of epoxide rings is 1. The number of rotatable bonds is 0. The first-order valence-corrected chi connectivity index (χ1v) is 8.05. The molecule has 3 aromatic carbocycles. The fourth-order valence-electron chi connectivity index (χ4n) is 4.24. The zero-order chi connectivity index (χ0) is 15.9. The molecule has 2 N–H and O–H groups in total. The topological polar surface area (TPSA) is 53.0 Å². The Morgan fingerprint density at radius 1 is 0.870 bits per heavy atom. The van der Waals surface area contributed by atoms with E-state index in [9.17, 15) is 10.2 Å².